The smallest absolute Gasteiger partial charge is 0.0178 e. The summed E-state index contributed by atoms with van der Waals surface area (Å²) in [5, 5.41) is 0. The molecule has 0 spiro atoms. The minimum atomic E-state index is 0.0701. The van der Waals surface area contributed by atoms with Crippen molar-refractivity contribution in [3.05, 3.63) is 153 Å². The second kappa shape index (κ2) is 10.7. The van der Waals surface area contributed by atoms with Crippen molar-refractivity contribution in [3.8, 4) is 22.3 Å². The summed E-state index contributed by atoms with van der Waals surface area (Å²) in [6.45, 7) is 16.2. The van der Waals surface area contributed by atoms with Crippen LogP contribution in [0.3, 0.4) is 0 Å². The minimum absolute atomic E-state index is 0.0701. The molecule has 5 aromatic rings. The van der Waals surface area contributed by atoms with Crippen molar-refractivity contribution in [2.45, 2.75) is 71.1 Å². The van der Waals surface area contributed by atoms with E-state index in [1.165, 1.54) is 61.2 Å². The Labute approximate surface area is 261 Å². The molecule has 5 aromatic carbocycles. The largest absolute Gasteiger partial charge is 0.0619 e. The first-order valence-corrected chi connectivity index (χ1v) is 16.0. The second-order valence-corrected chi connectivity index (χ2v) is 14.2. The number of hydrogen-bond donors (Lipinski definition) is 0. The molecule has 0 nitrogen and oxygen atoms in total. The average Bonchev–Trinajstić information content (AvgIpc) is 3.36. The Balaban J connectivity index is 0.000000168. The van der Waals surface area contributed by atoms with Gasteiger partial charge < -0.3 is 0 Å². The first-order valence-electron chi connectivity index (χ1n) is 15.2. The van der Waals surface area contributed by atoms with Crippen LogP contribution in [0.4, 0.5) is 0 Å². The maximum atomic E-state index is 3.61. The van der Waals surface area contributed by atoms with Gasteiger partial charge in [0.05, 0.1) is 0 Å². The molecule has 0 amide bonds. The molecule has 0 heterocycles. The van der Waals surface area contributed by atoms with Crippen molar-refractivity contribution >= 4 is 15.9 Å². The third kappa shape index (κ3) is 4.77. The zero-order valence-electron chi connectivity index (χ0n) is 25.9. The lowest BCUT2D eigenvalue weighted by atomic mass is 9.79. The molecule has 42 heavy (non-hydrogen) atoms. The van der Waals surface area contributed by atoms with Gasteiger partial charge in [-0.1, -0.05) is 160 Å². The highest BCUT2D eigenvalue weighted by atomic mass is 79.9. The molecule has 0 bridgehead atoms. The molecule has 2 atom stereocenters. The van der Waals surface area contributed by atoms with Crippen molar-refractivity contribution in [2.24, 2.45) is 0 Å². The number of benzene rings is 5. The van der Waals surface area contributed by atoms with Crippen LogP contribution in [0, 0.1) is 6.92 Å². The highest BCUT2D eigenvalue weighted by Gasteiger charge is 2.36. The Hall–Kier alpha value is -3.42. The molecule has 212 valence electrons. The highest BCUT2D eigenvalue weighted by molar-refractivity contribution is 9.10. The van der Waals surface area contributed by atoms with Crippen molar-refractivity contribution in [1.82, 2.24) is 0 Å². The summed E-state index contributed by atoms with van der Waals surface area (Å²) in [5.41, 5.74) is 15.8. The van der Waals surface area contributed by atoms with Gasteiger partial charge in [0.1, 0.15) is 0 Å². The quantitative estimate of drug-likeness (QED) is 0.190. The Kier molecular flexibility index (Phi) is 7.30. The van der Waals surface area contributed by atoms with Crippen LogP contribution in [0.5, 0.6) is 0 Å². The van der Waals surface area contributed by atoms with E-state index in [-0.39, 0.29) is 10.8 Å². The highest BCUT2D eigenvalue weighted by Crippen LogP contribution is 2.50. The van der Waals surface area contributed by atoms with Crippen LogP contribution in [0.15, 0.2) is 114 Å². The molecular weight excluding hydrogens is 572 g/mol. The van der Waals surface area contributed by atoms with Gasteiger partial charge in [0.15, 0.2) is 0 Å². The molecule has 2 aliphatic rings. The van der Waals surface area contributed by atoms with Crippen LogP contribution in [-0.2, 0) is 10.8 Å². The van der Waals surface area contributed by atoms with E-state index in [2.05, 4.69) is 174 Å². The van der Waals surface area contributed by atoms with Crippen molar-refractivity contribution in [2.75, 3.05) is 0 Å². The number of halogens is 1. The van der Waals surface area contributed by atoms with E-state index in [0.717, 1.165) is 4.47 Å². The van der Waals surface area contributed by atoms with Crippen LogP contribution in [-0.4, -0.2) is 0 Å². The van der Waals surface area contributed by atoms with Gasteiger partial charge in [-0.3, -0.25) is 0 Å². The molecule has 1 heteroatoms. The summed E-state index contributed by atoms with van der Waals surface area (Å²) in [6, 6.07) is 40.2. The standard InChI is InChI=1S/C25H25Br.C16H16/c1-16(18-8-7-9-20(26)14-18)17(2)19-12-13-22-21-10-5-6-11-23(21)25(3,4)24(22)15-19;1-11-8-9-13-12-6-4-5-7-14(12)16(2,3)15(13)10-11/h5-17H,1-4H3;4-10H,1-3H3. The zero-order valence-corrected chi connectivity index (χ0v) is 27.5. The number of aryl methyl sites for hydroxylation is 1. The van der Waals surface area contributed by atoms with Crippen LogP contribution < -0.4 is 0 Å². The van der Waals surface area contributed by atoms with Gasteiger partial charge >= 0.3 is 0 Å². The predicted octanol–water partition coefficient (Wildman–Crippen LogP) is 12.0. The van der Waals surface area contributed by atoms with E-state index in [1.807, 2.05) is 0 Å². The lowest BCUT2D eigenvalue weighted by Crippen LogP contribution is -2.15. The third-order valence-electron chi connectivity index (χ3n) is 10.00. The summed E-state index contributed by atoms with van der Waals surface area (Å²) in [5.74, 6) is 0.937. The molecular formula is C41H41Br. The average molecular weight is 614 g/mol. The van der Waals surface area contributed by atoms with Crippen LogP contribution >= 0.6 is 15.9 Å². The Morgan fingerprint density at radius 3 is 1.52 bits per heavy atom. The van der Waals surface area contributed by atoms with Gasteiger partial charge in [-0.15, -0.1) is 0 Å². The fourth-order valence-electron chi connectivity index (χ4n) is 7.19. The van der Waals surface area contributed by atoms with Crippen LogP contribution in [0.2, 0.25) is 0 Å². The lowest BCUT2D eigenvalue weighted by molar-refractivity contribution is 0.616. The summed E-state index contributed by atoms with van der Waals surface area (Å²) in [6.07, 6.45) is 0. The Morgan fingerprint density at radius 2 is 0.952 bits per heavy atom. The topological polar surface area (TPSA) is 0 Å². The van der Waals surface area contributed by atoms with Gasteiger partial charge in [0.2, 0.25) is 0 Å². The van der Waals surface area contributed by atoms with Gasteiger partial charge in [0.25, 0.3) is 0 Å². The summed E-state index contributed by atoms with van der Waals surface area (Å²) in [4.78, 5) is 0. The van der Waals surface area contributed by atoms with Crippen LogP contribution in [0.1, 0.15) is 92.3 Å². The molecule has 2 aliphatic carbocycles. The Bertz CT molecular complexity index is 1790. The normalized spacial score (nSPS) is 16.3. The van der Waals surface area contributed by atoms with E-state index in [1.54, 1.807) is 0 Å². The minimum Gasteiger partial charge on any atom is -0.0619 e. The molecule has 0 saturated carbocycles. The molecule has 0 saturated heterocycles. The molecule has 7 rings (SSSR count). The van der Waals surface area contributed by atoms with E-state index < -0.39 is 0 Å². The lowest BCUT2D eigenvalue weighted by Gasteiger charge is -2.25. The summed E-state index contributed by atoms with van der Waals surface area (Å²) < 4.78 is 1.15. The molecule has 0 N–H and O–H groups in total. The first-order chi connectivity index (χ1) is 20.0. The van der Waals surface area contributed by atoms with Gasteiger partial charge in [-0.2, -0.15) is 0 Å². The maximum absolute atomic E-state index is 3.61. The Morgan fingerprint density at radius 1 is 0.476 bits per heavy atom. The number of hydrogen-bond acceptors (Lipinski definition) is 0. The third-order valence-corrected chi connectivity index (χ3v) is 10.5. The zero-order chi connectivity index (χ0) is 29.8. The number of rotatable bonds is 3. The number of fused-ring (bicyclic) bond motifs is 6. The van der Waals surface area contributed by atoms with Crippen molar-refractivity contribution in [1.29, 1.82) is 0 Å². The fourth-order valence-corrected chi connectivity index (χ4v) is 7.61. The summed E-state index contributed by atoms with van der Waals surface area (Å²) in [7, 11) is 0. The molecule has 0 radical (unpaired) electrons. The van der Waals surface area contributed by atoms with Gasteiger partial charge in [-0.05, 0) is 86.5 Å². The van der Waals surface area contributed by atoms with E-state index in [0.29, 0.717) is 11.8 Å². The first kappa shape index (κ1) is 28.7. The molecule has 2 unspecified atom stereocenters. The molecule has 0 fully saturated rings. The maximum Gasteiger partial charge on any atom is 0.0178 e. The fraction of sp³-hybridized carbons (Fsp3) is 0.268. The van der Waals surface area contributed by atoms with Crippen molar-refractivity contribution < 1.29 is 0 Å². The van der Waals surface area contributed by atoms with Crippen molar-refractivity contribution in [3.63, 3.8) is 0 Å². The second-order valence-electron chi connectivity index (χ2n) is 13.3. The van der Waals surface area contributed by atoms with E-state index in [4.69, 9.17) is 0 Å². The van der Waals surface area contributed by atoms with E-state index in [9.17, 15) is 0 Å². The van der Waals surface area contributed by atoms with Gasteiger partial charge in [0, 0.05) is 15.3 Å². The van der Waals surface area contributed by atoms with E-state index >= 15 is 0 Å². The molecule has 0 aliphatic heterocycles. The van der Waals surface area contributed by atoms with Gasteiger partial charge in [-0.25, -0.2) is 0 Å². The summed E-state index contributed by atoms with van der Waals surface area (Å²) >= 11 is 3.61. The van der Waals surface area contributed by atoms with Crippen LogP contribution in [0.25, 0.3) is 22.3 Å². The SMILES string of the molecule is CC(c1cccc(Br)c1)C(C)c1ccc2c(c1)C(C)(C)c1ccccc1-2.Cc1ccc2c(c1)C(C)(C)c1ccccc1-2. The predicted molar refractivity (Wildman–Crippen MR) is 184 cm³/mol. The monoisotopic (exact) mass is 612 g/mol. The molecule has 0 aromatic heterocycles.